The maximum Gasteiger partial charge on any atom is 0.326 e. The highest BCUT2D eigenvalue weighted by Gasteiger charge is 2.26. The van der Waals surface area contributed by atoms with Crippen molar-refractivity contribution in [2.24, 2.45) is 0 Å². The Hall–Kier alpha value is -3.02. The van der Waals surface area contributed by atoms with Gasteiger partial charge in [-0.25, -0.2) is 4.79 Å². The van der Waals surface area contributed by atoms with Crippen LogP contribution in [-0.4, -0.2) is 18.5 Å². The summed E-state index contributed by atoms with van der Waals surface area (Å²) in [5.74, 6) is -0.221. The summed E-state index contributed by atoms with van der Waals surface area (Å²) in [5.41, 5.74) is 8.15. The molecule has 3 amide bonds. The third-order valence-corrected chi connectivity index (χ3v) is 3.18. The zero-order chi connectivity index (χ0) is 14.8. The van der Waals surface area contributed by atoms with Crippen molar-refractivity contribution in [2.45, 2.75) is 0 Å². The van der Waals surface area contributed by atoms with Gasteiger partial charge in [-0.2, -0.15) is 0 Å². The molecule has 6 nitrogen and oxygen atoms in total. The Morgan fingerprint density at radius 3 is 2.62 bits per heavy atom. The first kappa shape index (κ1) is 13.0. The van der Waals surface area contributed by atoms with E-state index in [0.29, 0.717) is 22.7 Å². The number of anilines is 4. The molecule has 6 heteroatoms. The Morgan fingerprint density at radius 1 is 1.14 bits per heavy atom. The number of urea groups is 1. The van der Waals surface area contributed by atoms with Crippen LogP contribution in [0.1, 0.15) is 0 Å². The topological polar surface area (TPSA) is 87.5 Å². The van der Waals surface area contributed by atoms with E-state index in [9.17, 15) is 9.59 Å². The quantitative estimate of drug-likeness (QED) is 0.701. The molecule has 1 aliphatic rings. The molecule has 2 aromatic carbocycles. The number of carbonyl (C=O) groups is 2. The molecule has 0 bridgehead atoms. The number of nitrogens with zero attached hydrogens (tertiary/aromatic N) is 1. The largest absolute Gasteiger partial charge is 0.399 e. The molecule has 0 spiro atoms. The SMILES string of the molecule is Nc1ccc(NC(=O)N2CC(=O)Nc3ccccc32)cc1. The summed E-state index contributed by atoms with van der Waals surface area (Å²) in [6.45, 7) is -0.0161. The molecule has 1 aliphatic heterocycles. The van der Waals surface area contributed by atoms with Gasteiger partial charge in [-0.3, -0.25) is 9.69 Å². The molecule has 21 heavy (non-hydrogen) atoms. The van der Waals surface area contributed by atoms with E-state index in [1.165, 1.54) is 4.90 Å². The third kappa shape index (κ3) is 2.64. The fourth-order valence-electron chi connectivity index (χ4n) is 2.17. The number of amides is 3. The van der Waals surface area contributed by atoms with Gasteiger partial charge in [-0.1, -0.05) is 12.1 Å². The highest BCUT2D eigenvalue weighted by molar-refractivity contribution is 6.12. The minimum absolute atomic E-state index is 0.0161. The zero-order valence-corrected chi connectivity index (χ0v) is 11.2. The van der Waals surface area contributed by atoms with E-state index >= 15 is 0 Å². The number of carbonyl (C=O) groups excluding carboxylic acids is 2. The third-order valence-electron chi connectivity index (χ3n) is 3.18. The molecule has 0 radical (unpaired) electrons. The molecule has 0 aromatic heterocycles. The van der Waals surface area contributed by atoms with Crippen molar-refractivity contribution in [2.75, 3.05) is 27.8 Å². The fourth-order valence-corrected chi connectivity index (χ4v) is 2.17. The molecule has 3 rings (SSSR count). The van der Waals surface area contributed by atoms with Gasteiger partial charge in [0.1, 0.15) is 6.54 Å². The van der Waals surface area contributed by atoms with E-state index in [2.05, 4.69) is 10.6 Å². The first-order valence-electron chi connectivity index (χ1n) is 6.46. The van der Waals surface area contributed by atoms with E-state index in [1.54, 1.807) is 42.5 Å². The number of hydrogen-bond donors (Lipinski definition) is 3. The second-order valence-electron chi connectivity index (χ2n) is 4.70. The molecule has 0 atom stereocenters. The molecule has 0 aliphatic carbocycles. The van der Waals surface area contributed by atoms with Crippen LogP contribution in [0.4, 0.5) is 27.5 Å². The number of nitrogen functional groups attached to an aromatic ring is 1. The fraction of sp³-hybridized carbons (Fsp3) is 0.0667. The van der Waals surface area contributed by atoms with Crippen LogP contribution in [0, 0.1) is 0 Å². The van der Waals surface area contributed by atoms with E-state index in [-0.39, 0.29) is 18.5 Å². The van der Waals surface area contributed by atoms with Crippen molar-refractivity contribution in [1.82, 2.24) is 0 Å². The number of para-hydroxylation sites is 2. The summed E-state index contributed by atoms with van der Waals surface area (Å²) >= 11 is 0. The van der Waals surface area contributed by atoms with Crippen LogP contribution >= 0.6 is 0 Å². The van der Waals surface area contributed by atoms with Gasteiger partial charge in [-0.05, 0) is 36.4 Å². The van der Waals surface area contributed by atoms with Crippen LogP contribution in [0.5, 0.6) is 0 Å². The van der Waals surface area contributed by atoms with Crippen molar-refractivity contribution in [3.63, 3.8) is 0 Å². The molecule has 106 valence electrons. The Bertz CT molecular complexity index is 697. The van der Waals surface area contributed by atoms with E-state index < -0.39 is 0 Å². The summed E-state index contributed by atoms with van der Waals surface area (Å²) in [7, 11) is 0. The number of nitrogens with two attached hydrogens (primary N) is 1. The number of rotatable bonds is 1. The van der Waals surface area contributed by atoms with Gasteiger partial charge in [0.15, 0.2) is 0 Å². The van der Waals surface area contributed by atoms with E-state index in [0.717, 1.165) is 0 Å². The molecular formula is C15H14N4O2. The average Bonchev–Trinajstić information content (AvgIpc) is 2.48. The smallest absolute Gasteiger partial charge is 0.326 e. The Balaban J connectivity index is 1.84. The van der Waals surface area contributed by atoms with Gasteiger partial charge in [0.25, 0.3) is 0 Å². The number of fused-ring (bicyclic) bond motifs is 1. The lowest BCUT2D eigenvalue weighted by Crippen LogP contribution is -2.44. The predicted octanol–water partition coefficient (Wildman–Crippen LogP) is 2.26. The van der Waals surface area contributed by atoms with Crippen LogP contribution in [-0.2, 0) is 4.79 Å². The Kier molecular flexibility index (Phi) is 3.19. The van der Waals surface area contributed by atoms with E-state index in [4.69, 9.17) is 5.73 Å². The van der Waals surface area contributed by atoms with Gasteiger partial charge < -0.3 is 16.4 Å². The summed E-state index contributed by atoms with van der Waals surface area (Å²) in [4.78, 5) is 25.5. The maximum absolute atomic E-state index is 12.4. The summed E-state index contributed by atoms with van der Waals surface area (Å²) in [6, 6.07) is 13.6. The molecule has 0 fully saturated rings. The zero-order valence-electron chi connectivity index (χ0n) is 11.2. The van der Waals surface area contributed by atoms with Crippen molar-refractivity contribution in [1.29, 1.82) is 0 Å². The van der Waals surface area contributed by atoms with Crippen LogP contribution in [0.25, 0.3) is 0 Å². The number of benzene rings is 2. The van der Waals surface area contributed by atoms with Crippen molar-refractivity contribution in [3.8, 4) is 0 Å². The standard InChI is InChI=1S/C15H14N4O2/c16-10-5-7-11(8-6-10)17-15(21)19-9-14(20)18-12-3-1-2-4-13(12)19/h1-8H,9,16H2,(H,17,21)(H,18,20). The minimum atomic E-state index is -0.359. The van der Waals surface area contributed by atoms with Gasteiger partial charge in [0.2, 0.25) is 5.91 Å². The molecule has 2 aromatic rings. The Morgan fingerprint density at radius 2 is 1.86 bits per heavy atom. The summed E-state index contributed by atoms with van der Waals surface area (Å²) < 4.78 is 0. The van der Waals surface area contributed by atoms with Gasteiger partial charge in [0.05, 0.1) is 11.4 Å². The monoisotopic (exact) mass is 282 g/mol. The summed E-state index contributed by atoms with van der Waals surface area (Å²) in [5, 5.41) is 5.49. The van der Waals surface area contributed by atoms with Gasteiger partial charge in [-0.15, -0.1) is 0 Å². The van der Waals surface area contributed by atoms with E-state index in [1.807, 2.05) is 6.07 Å². The molecule has 0 saturated heterocycles. The minimum Gasteiger partial charge on any atom is -0.399 e. The van der Waals surface area contributed by atoms with Crippen LogP contribution in [0.2, 0.25) is 0 Å². The molecule has 0 unspecified atom stereocenters. The maximum atomic E-state index is 12.4. The van der Waals surface area contributed by atoms with Crippen LogP contribution in [0.15, 0.2) is 48.5 Å². The lowest BCUT2D eigenvalue weighted by atomic mass is 10.2. The van der Waals surface area contributed by atoms with Crippen molar-refractivity contribution < 1.29 is 9.59 Å². The number of nitrogens with one attached hydrogen (secondary N) is 2. The summed E-state index contributed by atoms with van der Waals surface area (Å²) in [6.07, 6.45) is 0. The lowest BCUT2D eigenvalue weighted by Gasteiger charge is -2.29. The molecule has 1 heterocycles. The molecular weight excluding hydrogens is 268 g/mol. The highest BCUT2D eigenvalue weighted by atomic mass is 16.2. The molecule has 0 saturated carbocycles. The highest BCUT2D eigenvalue weighted by Crippen LogP contribution is 2.29. The van der Waals surface area contributed by atoms with Crippen molar-refractivity contribution >= 4 is 34.7 Å². The molecule has 4 N–H and O–H groups in total. The second-order valence-corrected chi connectivity index (χ2v) is 4.70. The van der Waals surface area contributed by atoms with Gasteiger partial charge in [0, 0.05) is 11.4 Å². The lowest BCUT2D eigenvalue weighted by molar-refractivity contribution is -0.115. The van der Waals surface area contributed by atoms with Crippen LogP contribution in [0.3, 0.4) is 0 Å². The van der Waals surface area contributed by atoms with Gasteiger partial charge >= 0.3 is 6.03 Å². The first-order chi connectivity index (χ1) is 10.1. The van der Waals surface area contributed by atoms with Crippen LogP contribution < -0.4 is 21.3 Å². The normalized spacial score (nSPS) is 13.3. The number of hydrogen-bond acceptors (Lipinski definition) is 3. The average molecular weight is 282 g/mol. The van der Waals surface area contributed by atoms with Crippen molar-refractivity contribution in [3.05, 3.63) is 48.5 Å². The Labute approximate surface area is 121 Å². The predicted molar refractivity (Wildman–Crippen MR) is 82.3 cm³/mol. The first-order valence-corrected chi connectivity index (χ1v) is 6.46. The second kappa shape index (κ2) is 5.16.